The second-order valence-corrected chi connectivity index (χ2v) is 7.62. The molecule has 2 heterocycles. The van der Waals surface area contributed by atoms with Gasteiger partial charge in [-0.1, -0.05) is 26.0 Å². The second kappa shape index (κ2) is 7.32. The molecular formula is C20H27N5O. The fourth-order valence-electron chi connectivity index (χ4n) is 3.21. The van der Waals surface area contributed by atoms with Crippen molar-refractivity contribution in [1.82, 2.24) is 15.5 Å². The van der Waals surface area contributed by atoms with Crippen molar-refractivity contribution < 1.29 is 4.79 Å². The maximum absolute atomic E-state index is 12.4. The molecule has 138 valence electrons. The molecule has 1 aromatic heterocycles. The van der Waals surface area contributed by atoms with E-state index in [9.17, 15) is 4.79 Å². The molecule has 6 heteroatoms. The zero-order chi connectivity index (χ0) is 18.7. The van der Waals surface area contributed by atoms with E-state index in [0.717, 1.165) is 30.2 Å². The Hall–Kier alpha value is -2.63. The average Bonchev–Trinajstić information content (AvgIpc) is 2.97. The van der Waals surface area contributed by atoms with Crippen molar-refractivity contribution in [2.24, 2.45) is 0 Å². The Morgan fingerprint density at radius 1 is 1.15 bits per heavy atom. The lowest BCUT2D eigenvalue weighted by Crippen LogP contribution is -2.49. The van der Waals surface area contributed by atoms with E-state index >= 15 is 0 Å². The standard InChI is InChI=1S/C20H27N5O/c1-14(2)16-6-8-17(9-7-16)21-19(26)22-20(4)11-12-25(13-20)18-10-5-15(3)23-24-18/h5-10,14H,11-13H2,1-4H3,(H2,21,22,26)/t20-/m1/s1. The fraction of sp³-hybridized carbons (Fsp3) is 0.450. The van der Waals surface area contributed by atoms with Crippen LogP contribution in [0.3, 0.4) is 0 Å². The van der Waals surface area contributed by atoms with Crippen LogP contribution in [0.15, 0.2) is 36.4 Å². The van der Waals surface area contributed by atoms with Gasteiger partial charge >= 0.3 is 6.03 Å². The number of anilines is 2. The molecule has 0 bridgehead atoms. The summed E-state index contributed by atoms with van der Waals surface area (Å²) in [4.78, 5) is 14.6. The number of aromatic nitrogens is 2. The van der Waals surface area contributed by atoms with Crippen LogP contribution >= 0.6 is 0 Å². The van der Waals surface area contributed by atoms with Crippen LogP contribution < -0.4 is 15.5 Å². The molecule has 1 atom stereocenters. The summed E-state index contributed by atoms with van der Waals surface area (Å²) >= 11 is 0. The fourth-order valence-corrected chi connectivity index (χ4v) is 3.21. The number of rotatable bonds is 4. The van der Waals surface area contributed by atoms with Gasteiger partial charge in [-0.3, -0.25) is 0 Å². The molecule has 1 fully saturated rings. The van der Waals surface area contributed by atoms with Crippen molar-refractivity contribution in [3.63, 3.8) is 0 Å². The summed E-state index contributed by atoms with van der Waals surface area (Å²) < 4.78 is 0. The second-order valence-electron chi connectivity index (χ2n) is 7.62. The number of nitrogens with one attached hydrogen (secondary N) is 2. The smallest absolute Gasteiger partial charge is 0.319 e. The number of aryl methyl sites for hydroxylation is 1. The summed E-state index contributed by atoms with van der Waals surface area (Å²) in [6.45, 7) is 9.85. The minimum Gasteiger partial charge on any atom is -0.353 e. The monoisotopic (exact) mass is 353 g/mol. The highest BCUT2D eigenvalue weighted by Crippen LogP contribution is 2.25. The van der Waals surface area contributed by atoms with Crippen LogP contribution in [0.4, 0.5) is 16.3 Å². The molecule has 3 rings (SSSR count). The van der Waals surface area contributed by atoms with Crippen molar-refractivity contribution in [2.75, 3.05) is 23.3 Å². The van der Waals surface area contributed by atoms with Gasteiger partial charge in [-0.05, 0) is 56.0 Å². The van der Waals surface area contributed by atoms with E-state index in [0.29, 0.717) is 12.5 Å². The summed E-state index contributed by atoms with van der Waals surface area (Å²) in [7, 11) is 0. The summed E-state index contributed by atoms with van der Waals surface area (Å²) in [6, 6.07) is 11.7. The lowest BCUT2D eigenvalue weighted by atomic mass is 10.0. The number of benzene rings is 1. The third-order valence-corrected chi connectivity index (χ3v) is 4.83. The van der Waals surface area contributed by atoms with Gasteiger partial charge < -0.3 is 15.5 Å². The van der Waals surface area contributed by atoms with Crippen LogP contribution in [0.25, 0.3) is 0 Å². The maximum Gasteiger partial charge on any atom is 0.319 e. The van der Waals surface area contributed by atoms with E-state index in [-0.39, 0.29) is 11.6 Å². The summed E-state index contributed by atoms with van der Waals surface area (Å²) in [5.74, 6) is 1.33. The van der Waals surface area contributed by atoms with Gasteiger partial charge in [0.05, 0.1) is 11.2 Å². The Morgan fingerprint density at radius 2 is 1.88 bits per heavy atom. The molecule has 1 saturated heterocycles. The Labute approximate surface area is 155 Å². The highest BCUT2D eigenvalue weighted by Gasteiger charge is 2.35. The van der Waals surface area contributed by atoms with E-state index in [4.69, 9.17) is 0 Å². The minimum atomic E-state index is -0.297. The van der Waals surface area contributed by atoms with Crippen LogP contribution in [-0.4, -0.2) is 34.9 Å². The van der Waals surface area contributed by atoms with E-state index in [2.05, 4.69) is 58.6 Å². The lowest BCUT2D eigenvalue weighted by Gasteiger charge is -2.26. The first-order valence-electron chi connectivity index (χ1n) is 9.09. The molecule has 1 aliphatic heterocycles. The normalized spacial score (nSPS) is 19.7. The quantitative estimate of drug-likeness (QED) is 0.879. The first-order valence-corrected chi connectivity index (χ1v) is 9.09. The van der Waals surface area contributed by atoms with Crippen LogP contribution in [0.5, 0.6) is 0 Å². The number of urea groups is 1. The van der Waals surface area contributed by atoms with Crippen LogP contribution in [-0.2, 0) is 0 Å². The topological polar surface area (TPSA) is 70.2 Å². The number of carbonyl (C=O) groups excluding carboxylic acids is 1. The molecule has 0 saturated carbocycles. The van der Waals surface area contributed by atoms with Crippen molar-refractivity contribution in [3.05, 3.63) is 47.7 Å². The Balaban J connectivity index is 1.57. The number of amides is 2. The highest BCUT2D eigenvalue weighted by molar-refractivity contribution is 5.89. The number of nitrogens with zero attached hydrogens (tertiary/aromatic N) is 3. The van der Waals surface area contributed by atoms with Crippen molar-refractivity contribution in [2.45, 2.75) is 45.6 Å². The van der Waals surface area contributed by atoms with E-state index in [1.807, 2.05) is 31.2 Å². The molecule has 6 nitrogen and oxygen atoms in total. The largest absolute Gasteiger partial charge is 0.353 e. The third-order valence-electron chi connectivity index (χ3n) is 4.83. The van der Waals surface area contributed by atoms with Gasteiger partial charge in [-0.25, -0.2) is 4.79 Å². The lowest BCUT2D eigenvalue weighted by molar-refractivity contribution is 0.241. The van der Waals surface area contributed by atoms with Crippen LogP contribution in [0.2, 0.25) is 0 Å². The molecule has 1 aromatic carbocycles. The number of hydrogen-bond acceptors (Lipinski definition) is 4. The molecule has 0 radical (unpaired) electrons. The van der Waals surface area contributed by atoms with Crippen LogP contribution in [0, 0.1) is 6.92 Å². The molecule has 0 unspecified atom stereocenters. The average molecular weight is 353 g/mol. The number of carbonyl (C=O) groups is 1. The van der Waals surface area contributed by atoms with Gasteiger partial charge in [0.1, 0.15) is 0 Å². The molecule has 2 aromatic rings. The molecule has 1 aliphatic rings. The SMILES string of the molecule is Cc1ccc(N2CC[C@@](C)(NC(=O)Nc3ccc(C(C)C)cc3)C2)nn1. The first-order chi connectivity index (χ1) is 12.3. The maximum atomic E-state index is 12.4. The van der Waals surface area contributed by atoms with Crippen molar-refractivity contribution >= 4 is 17.5 Å². The zero-order valence-corrected chi connectivity index (χ0v) is 15.9. The van der Waals surface area contributed by atoms with Crippen molar-refractivity contribution in [1.29, 1.82) is 0 Å². The van der Waals surface area contributed by atoms with Crippen molar-refractivity contribution in [3.8, 4) is 0 Å². The van der Waals surface area contributed by atoms with Gasteiger partial charge in [-0.15, -0.1) is 5.10 Å². The molecule has 0 spiro atoms. The highest BCUT2D eigenvalue weighted by atomic mass is 16.2. The van der Waals surface area contributed by atoms with Gasteiger partial charge in [0.15, 0.2) is 5.82 Å². The molecule has 2 amide bonds. The first kappa shape index (κ1) is 18.2. The summed E-state index contributed by atoms with van der Waals surface area (Å²) in [5.41, 5.74) is 2.66. The summed E-state index contributed by atoms with van der Waals surface area (Å²) in [5, 5.41) is 14.4. The van der Waals surface area contributed by atoms with E-state index < -0.39 is 0 Å². The molecule has 0 aliphatic carbocycles. The van der Waals surface area contributed by atoms with Gasteiger partial charge in [0.25, 0.3) is 0 Å². The minimum absolute atomic E-state index is 0.179. The van der Waals surface area contributed by atoms with Gasteiger partial charge in [0, 0.05) is 18.8 Å². The van der Waals surface area contributed by atoms with Crippen LogP contribution in [0.1, 0.15) is 44.4 Å². The third kappa shape index (κ3) is 4.31. The Bertz CT molecular complexity index is 757. The summed E-state index contributed by atoms with van der Waals surface area (Å²) in [6.07, 6.45) is 0.863. The molecular weight excluding hydrogens is 326 g/mol. The Kier molecular flexibility index (Phi) is 5.11. The zero-order valence-electron chi connectivity index (χ0n) is 15.9. The van der Waals surface area contributed by atoms with E-state index in [1.54, 1.807) is 0 Å². The predicted octanol–water partition coefficient (Wildman–Crippen LogP) is 3.70. The van der Waals surface area contributed by atoms with Gasteiger partial charge in [0.2, 0.25) is 0 Å². The molecule has 2 N–H and O–H groups in total. The predicted molar refractivity (Wildman–Crippen MR) is 105 cm³/mol. The Morgan fingerprint density at radius 3 is 2.50 bits per heavy atom. The van der Waals surface area contributed by atoms with Gasteiger partial charge in [-0.2, -0.15) is 5.10 Å². The number of hydrogen-bond donors (Lipinski definition) is 2. The van der Waals surface area contributed by atoms with E-state index in [1.165, 1.54) is 5.56 Å². The molecule has 26 heavy (non-hydrogen) atoms.